The van der Waals surface area contributed by atoms with Crippen molar-refractivity contribution in [1.82, 2.24) is 0 Å². The minimum absolute atomic E-state index is 0.000164. The SMILES string of the molecule is COC(=O)c1ccc(N2C(=O)OCC2C)c(C)c1. The Labute approximate surface area is 105 Å². The molecule has 0 radical (unpaired) electrons. The fourth-order valence-electron chi connectivity index (χ4n) is 2.02. The van der Waals surface area contributed by atoms with Crippen LogP contribution in [-0.4, -0.2) is 31.8 Å². The van der Waals surface area contributed by atoms with Crippen LogP contribution in [-0.2, 0) is 9.47 Å². The van der Waals surface area contributed by atoms with Crippen LogP contribution < -0.4 is 4.90 Å². The smallest absolute Gasteiger partial charge is 0.414 e. The molecule has 0 N–H and O–H groups in total. The number of benzene rings is 1. The van der Waals surface area contributed by atoms with Crippen LogP contribution in [0.1, 0.15) is 22.8 Å². The second kappa shape index (κ2) is 4.68. The monoisotopic (exact) mass is 249 g/mol. The van der Waals surface area contributed by atoms with Crippen molar-refractivity contribution in [2.24, 2.45) is 0 Å². The lowest BCUT2D eigenvalue weighted by atomic mass is 10.1. The molecule has 1 aromatic rings. The van der Waals surface area contributed by atoms with E-state index in [1.807, 2.05) is 13.8 Å². The van der Waals surface area contributed by atoms with Crippen LogP contribution in [0.5, 0.6) is 0 Å². The van der Waals surface area contributed by atoms with E-state index in [4.69, 9.17) is 4.74 Å². The molecule has 1 amide bonds. The van der Waals surface area contributed by atoms with E-state index in [0.717, 1.165) is 11.3 Å². The van der Waals surface area contributed by atoms with Gasteiger partial charge in [-0.2, -0.15) is 0 Å². The van der Waals surface area contributed by atoms with Gasteiger partial charge in [0.1, 0.15) is 6.61 Å². The highest BCUT2D eigenvalue weighted by Gasteiger charge is 2.31. The Hall–Kier alpha value is -2.04. The summed E-state index contributed by atoms with van der Waals surface area (Å²) in [5.41, 5.74) is 2.07. The van der Waals surface area contributed by atoms with Crippen molar-refractivity contribution in [3.05, 3.63) is 29.3 Å². The molecule has 1 aliphatic rings. The molecule has 2 rings (SSSR count). The Morgan fingerprint density at radius 3 is 2.72 bits per heavy atom. The fraction of sp³-hybridized carbons (Fsp3) is 0.385. The second-order valence-electron chi connectivity index (χ2n) is 4.29. The first-order valence-electron chi connectivity index (χ1n) is 5.69. The van der Waals surface area contributed by atoms with Gasteiger partial charge in [0.25, 0.3) is 0 Å². The Bertz CT molecular complexity index is 498. The molecule has 1 heterocycles. The van der Waals surface area contributed by atoms with Crippen molar-refractivity contribution < 1.29 is 19.1 Å². The summed E-state index contributed by atoms with van der Waals surface area (Å²) in [6, 6.07) is 5.09. The molecule has 1 fully saturated rings. The topological polar surface area (TPSA) is 55.8 Å². The molecule has 5 nitrogen and oxygen atoms in total. The molecule has 0 aromatic heterocycles. The molecule has 1 aliphatic heterocycles. The van der Waals surface area contributed by atoms with Gasteiger partial charge >= 0.3 is 12.1 Å². The van der Waals surface area contributed by atoms with Crippen molar-refractivity contribution in [2.75, 3.05) is 18.6 Å². The fourth-order valence-corrected chi connectivity index (χ4v) is 2.02. The van der Waals surface area contributed by atoms with Crippen molar-refractivity contribution in [3.63, 3.8) is 0 Å². The summed E-state index contributed by atoms with van der Waals surface area (Å²) in [5, 5.41) is 0. The zero-order valence-corrected chi connectivity index (χ0v) is 10.6. The number of esters is 1. The van der Waals surface area contributed by atoms with Crippen LogP contribution in [0.25, 0.3) is 0 Å². The van der Waals surface area contributed by atoms with E-state index in [0.29, 0.717) is 12.2 Å². The van der Waals surface area contributed by atoms with Crippen LogP contribution in [0.4, 0.5) is 10.5 Å². The number of carbonyl (C=O) groups excluding carboxylic acids is 2. The predicted octanol–water partition coefficient (Wildman–Crippen LogP) is 2.13. The maximum atomic E-state index is 11.6. The number of aryl methyl sites for hydroxylation is 1. The molecule has 0 spiro atoms. The average Bonchev–Trinajstić information content (AvgIpc) is 2.68. The van der Waals surface area contributed by atoms with Gasteiger partial charge < -0.3 is 9.47 Å². The third-order valence-electron chi connectivity index (χ3n) is 2.96. The van der Waals surface area contributed by atoms with E-state index < -0.39 is 0 Å². The van der Waals surface area contributed by atoms with Crippen molar-refractivity contribution in [3.8, 4) is 0 Å². The van der Waals surface area contributed by atoms with Crippen LogP contribution in [0.2, 0.25) is 0 Å². The highest BCUT2D eigenvalue weighted by molar-refractivity contribution is 5.94. The predicted molar refractivity (Wildman–Crippen MR) is 65.8 cm³/mol. The Morgan fingerprint density at radius 1 is 1.50 bits per heavy atom. The number of ether oxygens (including phenoxy) is 2. The quantitative estimate of drug-likeness (QED) is 0.753. The number of cyclic esters (lactones) is 1. The Kier molecular flexibility index (Phi) is 3.23. The number of methoxy groups -OCH3 is 1. The van der Waals surface area contributed by atoms with Gasteiger partial charge in [-0.15, -0.1) is 0 Å². The van der Waals surface area contributed by atoms with Gasteiger partial charge in [0.2, 0.25) is 0 Å². The van der Waals surface area contributed by atoms with Crippen LogP contribution in [0.15, 0.2) is 18.2 Å². The third-order valence-corrected chi connectivity index (χ3v) is 2.96. The van der Waals surface area contributed by atoms with E-state index >= 15 is 0 Å². The summed E-state index contributed by atoms with van der Waals surface area (Å²) in [6.45, 7) is 4.15. The molecule has 0 aliphatic carbocycles. The first-order chi connectivity index (χ1) is 8.54. The Balaban J connectivity index is 2.35. The minimum Gasteiger partial charge on any atom is -0.465 e. The number of hydrogen-bond acceptors (Lipinski definition) is 4. The molecule has 18 heavy (non-hydrogen) atoms. The number of nitrogens with zero attached hydrogens (tertiary/aromatic N) is 1. The van der Waals surface area contributed by atoms with E-state index in [2.05, 4.69) is 4.74 Å². The number of carbonyl (C=O) groups is 2. The second-order valence-corrected chi connectivity index (χ2v) is 4.29. The zero-order chi connectivity index (χ0) is 13.3. The largest absolute Gasteiger partial charge is 0.465 e. The maximum Gasteiger partial charge on any atom is 0.414 e. The van der Waals surface area contributed by atoms with Gasteiger partial charge in [0.15, 0.2) is 0 Å². The van der Waals surface area contributed by atoms with Gasteiger partial charge in [-0.3, -0.25) is 4.90 Å². The number of hydrogen-bond donors (Lipinski definition) is 0. The molecule has 1 aromatic carbocycles. The Morgan fingerprint density at radius 2 is 2.22 bits per heavy atom. The summed E-state index contributed by atoms with van der Waals surface area (Å²) < 4.78 is 9.64. The summed E-state index contributed by atoms with van der Waals surface area (Å²) >= 11 is 0. The summed E-state index contributed by atoms with van der Waals surface area (Å²) in [7, 11) is 1.34. The molecule has 0 bridgehead atoms. The molecule has 1 unspecified atom stereocenters. The molecule has 96 valence electrons. The lowest BCUT2D eigenvalue weighted by Crippen LogP contribution is -2.31. The number of anilines is 1. The number of rotatable bonds is 2. The van der Waals surface area contributed by atoms with E-state index in [1.54, 1.807) is 23.1 Å². The van der Waals surface area contributed by atoms with E-state index in [9.17, 15) is 9.59 Å². The van der Waals surface area contributed by atoms with Crippen molar-refractivity contribution in [2.45, 2.75) is 19.9 Å². The molecule has 0 saturated carbocycles. The molecular formula is C13H15NO4. The van der Waals surface area contributed by atoms with Gasteiger partial charge in [-0.1, -0.05) is 0 Å². The summed E-state index contributed by atoms with van der Waals surface area (Å²) in [6.07, 6.45) is -0.351. The minimum atomic E-state index is -0.387. The number of amides is 1. The van der Waals surface area contributed by atoms with Gasteiger partial charge in [0.05, 0.1) is 24.4 Å². The molecule has 1 atom stereocenters. The van der Waals surface area contributed by atoms with Gasteiger partial charge in [0, 0.05) is 0 Å². The van der Waals surface area contributed by atoms with Gasteiger partial charge in [-0.25, -0.2) is 9.59 Å². The van der Waals surface area contributed by atoms with E-state index in [-0.39, 0.29) is 18.1 Å². The van der Waals surface area contributed by atoms with E-state index in [1.165, 1.54) is 7.11 Å². The van der Waals surface area contributed by atoms with Crippen molar-refractivity contribution >= 4 is 17.7 Å². The summed E-state index contributed by atoms with van der Waals surface area (Å²) in [5.74, 6) is -0.387. The highest BCUT2D eigenvalue weighted by Crippen LogP contribution is 2.27. The molecule has 1 saturated heterocycles. The normalized spacial score (nSPS) is 18.7. The zero-order valence-electron chi connectivity index (χ0n) is 10.6. The third kappa shape index (κ3) is 2.03. The van der Waals surface area contributed by atoms with Gasteiger partial charge in [-0.05, 0) is 37.6 Å². The van der Waals surface area contributed by atoms with Crippen LogP contribution in [0, 0.1) is 6.92 Å². The van der Waals surface area contributed by atoms with Crippen LogP contribution >= 0.6 is 0 Å². The lowest BCUT2D eigenvalue weighted by Gasteiger charge is -2.20. The van der Waals surface area contributed by atoms with Crippen molar-refractivity contribution in [1.29, 1.82) is 0 Å². The highest BCUT2D eigenvalue weighted by atomic mass is 16.6. The standard InChI is InChI=1S/C13H15NO4/c1-8-6-10(12(15)17-3)4-5-11(8)14-9(2)7-18-13(14)16/h4-6,9H,7H2,1-3H3. The first kappa shape index (κ1) is 12.4. The average molecular weight is 249 g/mol. The maximum absolute atomic E-state index is 11.6. The summed E-state index contributed by atoms with van der Waals surface area (Å²) in [4.78, 5) is 24.6. The van der Waals surface area contributed by atoms with Crippen LogP contribution in [0.3, 0.4) is 0 Å². The first-order valence-corrected chi connectivity index (χ1v) is 5.69. The molecular weight excluding hydrogens is 234 g/mol. The lowest BCUT2D eigenvalue weighted by molar-refractivity contribution is 0.0600. The molecule has 5 heteroatoms.